The fourth-order valence-corrected chi connectivity index (χ4v) is 8.38. The summed E-state index contributed by atoms with van der Waals surface area (Å²) >= 11 is 14.0. The Balaban J connectivity index is 1.03. The van der Waals surface area contributed by atoms with Gasteiger partial charge < -0.3 is 14.4 Å². The first-order valence-electron chi connectivity index (χ1n) is 20.7. The zero-order valence-corrected chi connectivity index (χ0v) is 36.5. The highest BCUT2D eigenvalue weighted by Crippen LogP contribution is 2.39. The number of halogens is 4. The standard InChI is InChI=1S/C48H33Cl2F2N11O4/c1-26(47-59-60-48(67-47)29-16-18-53-43(65)22-29)20-42-56-58-46(63(42)38-5-3-2-4-36(38)49)34-13-11-31(52)23-35(34)28-8-14-39(37(50)21-28)62-40(55-57-45(62)27-6-9-30(51)10-7-27)15-12-32-24-44(66)61-19-17-33(64)25-41(61)54-32/h2-11,13-14,16-19,21-26,54H,12,15,20H2,1H3,(H,53,65). The first-order chi connectivity index (χ1) is 32.5. The molecule has 15 nitrogen and oxygen atoms in total. The highest BCUT2D eigenvalue weighted by Gasteiger charge is 2.26. The van der Waals surface area contributed by atoms with E-state index in [9.17, 15) is 18.8 Å². The van der Waals surface area contributed by atoms with Crippen molar-refractivity contribution in [3.63, 3.8) is 0 Å². The van der Waals surface area contributed by atoms with Gasteiger partial charge in [-0.1, -0.05) is 48.3 Å². The molecule has 10 rings (SSSR count). The number of aromatic amines is 2. The molecule has 0 saturated heterocycles. The van der Waals surface area contributed by atoms with Crippen molar-refractivity contribution >= 4 is 28.8 Å². The van der Waals surface area contributed by atoms with Crippen molar-refractivity contribution < 1.29 is 13.2 Å². The van der Waals surface area contributed by atoms with Crippen LogP contribution in [0.15, 0.2) is 146 Å². The van der Waals surface area contributed by atoms with Gasteiger partial charge in [-0.25, -0.2) is 8.78 Å². The number of nitrogens with one attached hydrogen (secondary N) is 2. The number of rotatable bonds is 12. The van der Waals surface area contributed by atoms with E-state index in [0.717, 1.165) is 0 Å². The van der Waals surface area contributed by atoms with Gasteiger partial charge in [-0.05, 0) is 90.3 Å². The number of H-pyrrole nitrogens is 2. The third-order valence-electron chi connectivity index (χ3n) is 11.1. The molecule has 332 valence electrons. The summed E-state index contributed by atoms with van der Waals surface area (Å²) in [5.41, 5.74) is 3.58. The van der Waals surface area contributed by atoms with Gasteiger partial charge in [-0.3, -0.25) is 27.9 Å². The SMILES string of the molecule is CC(Cc1nnc(-c2ccc(F)cc2-c2ccc(-n3c(CCc4cc(=O)n5ccc(=O)cc5[nH]4)nnc3-c3ccc(F)cc3)c(Cl)c2)n1-c1ccccc1Cl)c1nnc(-c2cc[nH]c(=O)c2)o1. The Morgan fingerprint density at radius 3 is 2.21 bits per heavy atom. The van der Waals surface area contributed by atoms with Crippen molar-refractivity contribution in [2.45, 2.75) is 32.1 Å². The van der Waals surface area contributed by atoms with Gasteiger partial charge in [0.15, 0.2) is 17.1 Å². The lowest BCUT2D eigenvalue weighted by atomic mass is 9.98. The van der Waals surface area contributed by atoms with Crippen LogP contribution in [0, 0.1) is 11.6 Å². The van der Waals surface area contributed by atoms with Gasteiger partial charge >= 0.3 is 0 Å². The lowest BCUT2D eigenvalue weighted by Crippen LogP contribution is -2.18. The molecule has 6 heterocycles. The lowest BCUT2D eigenvalue weighted by molar-refractivity contribution is 0.461. The molecule has 6 aromatic heterocycles. The molecular weight excluding hydrogens is 904 g/mol. The molecule has 0 saturated carbocycles. The number of hydrogen-bond acceptors (Lipinski definition) is 10. The molecule has 0 radical (unpaired) electrons. The number of fused-ring (bicyclic) bond motifs is 1. The van der Waals surface area contributed by atoms with E-state index in [2.05, 4.69) is 40.6 Å². The molecule has 1 unspecified atom stereocenters. The van der Waals surface area contributed by atoms with Crippen LogP contribution in [0.3, 0.4) is 0 Å². The number of hydrogen-bond donors (Lipinski definition) is 2. The number of aromatic nitrogens is 11. The Hall–Kier alpha value is -8.15. The molecule has 1 atom stereocenters. The number of benzene rings is 4. The van der Waals surface area contributed by atoms with E-state index < -0.39 is 11.6 Å². The van der Waals surface area contributed by atoms with Crippen molar-refractivity contribution in [1.82, 2.24) is 54.1 Å². The highest BCUT2D eigenvalue weighted by atomic mass is 35.5. The van der Waals surface area contributed by atoms with Gasteiger partial charge in [0.1, 0.15) is 28.9 Å². The fraction of sp³-hybridized carbons (Fsp3) is 0.104. The van der Waals surface area contributed by atoms with Crippen LogP contribution < -0.4 is 16.5 Å². The van der Waals surface area contributed by atoms with Crippen LogP contribution in [0.25, 0.3) is 62.4 Å². The Labute approximate surface area is 387 Å². The van der Waals surface area contributed by atoms with E-state index in [-0.39, 0.29) is 46.2 Å². The van der Waals surface area contributed by atoms with E-state index in [1.54, 1.807) is 63.7 Å². The molecule has 0 bridgehead atoms. The van der Waals surface area contributed by atoms with E-state index in [0.29, 0.717) is 91.2 Å². The number of para-hydroxylation sites is 1. The summed E-state index contributed by atoms with van der Waals surface area (Å²) in [7, 11) is 0. The summed E-state index contributed by atoms with van der Waals surface area (Å²) in [5, 5.41) is 27.3. The van der Waals surface area contributed by atoms with Gasteiger partial charge in [0, 0.05) is 77.8 Å². The third-order valence-corrected chi connectivity index (χ3v) is 11.7. The molecule has 2 N–H and O–H groups in total. The fourth-order valence-electron chi connectivity index (χ4n) is 7.89. The predicted octanol–water partition coefficient (Wildman–Crippen LogP) is 8.60. The van der Waals surface area contributed by atoms with Gasteiger partial charge in [-0.15, -0.1) is 30.6 Å². The molecule has 0 aliphatic carbocycles. The zero-order valence-electron chi connectivity index (χ0n) is 35.0. The Morgan fingerprint density at radius 2 is 1.40 bits per heavy atom. The second-order valence-electron chi connectivity index (χ2n) is 15.6. The first kappa shape index (κ1) is 42.8. The van der Waals surface area contributed by atoms with Crippen LogP contribution in [-0.4, -0.2) is 54.1 Å². The van der Waals surface area contributed by atoms with Gasteiger partial charge in [0.05, 0.1) is 21.4 Å². The second kappa shape index (κ2) is 17.7. The molecule has 0 spiro atoms. The van der Waals surface area contributed by atoms with Crippen molar-refractivity contribution in [2.24, 2.45) is 0 Å². The summed E-state index contributed by atoms with van der Waals surface area (Å²) in [5.74, 6) is 0.866. The maximum atomic E-state index is 15.4. The van der Waals surface area contributed by atoms with E-state index in [4.69, 9.17) is 27.6 Å². The van der Waals surface area contributed by atoms with Gasteiger partial charge in [0.2, 0.25) is 17.3 Å². The maximum Gasteiger partial charge on any atom is 0.257 e. The first-order valence-corrected chi connectivity index (χ1v) is 21.5. The quantitative estimate of drug-likeness (QED) is 0.120. The van der Waals surface area contributed by atoms with Crippen molar-refractivity contribution in [2.75, 3.05) is 0 Å². The topological polar surface area (TPSA) is 188 Å². The second-order valence-corrected chi connectivity index (χ2v) is 16.4. The van der Waals surface area contributed by atoms with E-state index in [1.165, 1.54) is 65.3 Å². The minimum atomic E-state index is -0.513. The Bertz CT molecular complexity index is 3690. The van der Waals surface area contributed by atoms with Crippen LogP contribution in [0.1, 0.15) is 36.1 Å². The minimum absolute atomic E-state index is 0.188. The summed E-state index contributed by atoms with van der Waals surface area (Å²) in [6, 6.07) is 29.7. The van der Waals surface area contributed by atoms with Crippen LogP contribution in [0.5, 0.6) is 0 Å². The average molecular weight is 937 g/mol. The van der Waals surface area contributed by atoms with Crippen molar-refractivity contribution in [1.29, 1.82) is 0 Å². The monoisotopic (exact) mass is 935 g/mol. The van der Waals surface area contributed by atoms with Crippen LogP contribution >= 0.6 is 23.2 Å². The highest BCUT2D eigenvalue weighted by molar-refractivity contribution is 6.33. The Kier molecular flexibility index (Phi) is 11.3. The lowest BCUT2D eigenvalue weighted by Gasteiger charge is -2.17. The Morgan fingerprint density at radius 1 is 0.657 bits per heavy atom. The molecule has 4 aromatic carbocycles. The summed E-state index contributed by atoms with van der Waals surface area (Å²) in [6.07, 6.45) is 3.75. The molecule has 0 aliphatic heterocycles. The smallest absolute Gasteiger partial charge is 0.257 e. The number of aryl methyl sites for hydroxylation is 2. The molecule has 19 heteroatoms. The van der Waals surface area contributed by atoms with Gasteiger partial charge in [-0.2, -0.15) is 0 Å². The molecule has 67 heavy (non-hydrogen) atoms. The summed E-state index contributed by atoms with van der Waals surface area (Å²) in [4.78, 5) is 42.6. The number of nitrogens with zero attached hydrogens (tertiary/aromatic N) is 9. The average Bonchev–Trinajstić information content (AvgIpc) is 4.08. The van der Waals surface area contributed by atoms with Crippen molar-refractivity contribution in [3.8, 4) is 56.7 Å². The van der Waals surface area contributed by atoms with Gasteiger partial charge in [0.25, 0.3) is 5.56 Å². The number of pyridine rings is 2. The normalized spacial score (nSPS) is 12.0. The van der Waals surface area contributed by atoms with Crippen LogP contribution in [-0.2, 0) is 19.3 Å². The zero-order chi connectivity index (χ0) is 46.3. The molecule has 0 aliphatic rings. The summed E-state index contributed by atoms with van der Waals surface area (Å²) in [6.45, 7) is 1.89. The van der Waals surface area contributed by atoms with Crippen LogP contribution in [0.4, 0.5) is 8.78 Å². The predicted molar refractivity (Wildman–Crippen MR) is 247 cm³/mol. The molecule has 0 amide bonds. The van der Waals surface area contributed by atoms with Crippen molar-refractivity contribution in [3.05, 3.63) is 203 Å². The molecule has 0 fully saturated rings. The summed E-state index contributed by atoms with van der Waals surface area (Å²) < 4.78 is 40.4. The maximum absolute atomic E-state index is 15.4. The molecule has 10 aromatic rings. The minimum Gasteiger partial charge on any atom is -0.420 e. The third kappa shape index (κ3) is 8.48. The van der Waals surface area contributed by atoms with E-state index in [1.807, 2.05) is 19.1 Å². The van der Waals surface area contributed by atoms with Crippen LogP contribution in [0.2, 0.25) is 10.0 Å². The molecular formula is C48H33Cl2F2N11O4. The van der Waals surface area contributed by atoms with E-state index >= 15 is 4.39 Å². The largest absolute Gasteiger partial charge is 0.420 e.